The molecular formula is C10H13ClN2O3. The molecule has 0 aromatic carbocycles. The Balaban J connectivity index is 3.25. The second-order valence-corrected chi connectivity index (χ2v) is 3.43. The number of nitrogens with zero attached hydrogens (tertiary/aromatic N) is 2. The van der Waals surface area contributed by atoms with E-state index in [1.165, 1.54) is 20.4 Å². The largest absolute Gasteiger partial charge is 0.467 e. The van der Waals surface area contributed by atoms with Gasteiger partial charge in [0, 0.05) is 13.3 Å². The summed E-state index contributed by atoms with van der Waals surface area (Å²) < 4.78 is 9.98. The van der Waals surface area contributed by atoms with E-state index in [4.69, 9.17) is 21.1 Å². The molecule has 0 aliphatic heterocycles. The molecular weight excluding hydrogens is 232 g/mol. The van der Waals surface area contributed by atoms with Gasteiger partial charge in [0.1, 0.15) is 0 Å². The van der Waals surface area contributed by atoms with Gasteiger partial charge in [-0.3, -0.25) is 0 Å². The van der Waals surface area contributed by atoms with Crippen LogP contribution in [0.4, 0.5) is 0 Å². The number of rotatable bonds is 4. The molecule has 0 bridgehead atoms. The molecule has 0 fully saturated rings. The number of carbonyl (C=O) groups is 1. The van der Waals surface area contributed by atoms with Gasteiger partial charge in [-0.15, -0.1) is 0 Å². The summed E-state index contributed by atoms with van der Waals surface area (Å²) in [6, 6.07) is 1.58. The lowest BCUT2D eigenvalue weighted by atomic mass is 9.96. The molecule has 16 heavy (non-hydrogen) atoms. The van der Waals surface area contributed by atoms with Crippen molar-refractivity contribution in [2.45, 2.75) is 18.9 Å². The Kier molecular flexibility index (Phi) is 4.20. The van der Waals surface area contributed by atoms with Gasteiger partial charge >= 0.3 is 5.97 Å². The number of hydrogen-bond acceptors (Lipinski definition) is 5. The molecule has 0 aliphatic carbocycles. The van der Waals surface area contributed by atoms with Crippen LogP contribution in [0.1, 0.15) is 19.0 Å². The van der Waals surface area contributed by atoms with E-state index in [1.54, 1.807) is 13.0 Å². The maximum absolute atomic E-state index is 11.8. The lowest BCUT2D eigenvalue weighted by molar-refractivity contribution is -0.168. The predicted octanol–water partition coefficient (Wildman–Crippen LogP) is 1.55. The molecule has 0 amide bonds. The maximum atomic E-state index is 11.8. The van der Waals surface area contributed by atoms with E-state index in [0.29, 0.717) is 12.1 Å². The topological polar surface area (TPSA) is 61.3 Å². The van der Waals surface area contributed by atoms with Gasteiger partial charge in [0.15, 0.2) is 0 Å². The van der Waals surface area contributed by atoms with Crippen LogP contribution >= 0.6 is 11.6 Å². The zero-order valence-corrected chi connectivity index (χ0v) is 10.1. The Morgan fingerprint density at radius 3 is 2.69 bits per heavy atom. The zero-order valence-electron chi connectivity index (χ0n) is 9.36. The average molecular weight is 245 g/mol. The highest BCUT2D eigenvalue weighted by atomic mass is 35.5. The lowest BCUT2D eigenvalue weighted by Crippen LogP contribution is -2.39. The third-order valence-electron chi connectivity index (χ3n) is 2.40. The van der Waals surface area contributed by atoms with Gasteiger partial charge in [-0.25, -0.2) is 14.8 Å². The van der Waals surface area contributed by atoms with Gasteiger partial charge in [-0.05, 0) is 24.1 Å². The van der Waals surface area contributed by atoms with Crippen molar-refractivity contribution in [3.8, 4) is 0 Å². The highest BCUT2D eigenvalue weighted by Crippen LogP contribution is 2.29. The van der Waals surface area contributed by atoms with Crippen molar-refractivity contribution in [3.63, 3.8) is 0 Å². The Morgan fingerprint density at radius 2 is 2.25 bits per heavy atom. The minimum absolute atomic E-state index is 0.0660. The van der Waals surface area contributed by atoms with E-state index in [9.17, 15) is 4.79 Å². The van der Waals surface area contributed by atoms with Crippen molar-refractivity contribution in [1.29, 1.82) is 0 Å². The fourth-order valence-electron chi connectivity index (χ4n) is 1.49. The van der Waals surface area contributed by atoms with E-state index in [1.807, 2.05) is 0 Å². The third-order valence-corrected chi connectivity index (χ3v) is 2.58. The van der Waals surface area contributed by atoms with Crippen molar-refractivity contribution in [3.05, 3.63) is 23.2 Å². The van der Waals surface area contributed by atoms with Crippen molar-refractivity contribution in [1.82, 2.24) is 9.97 Å². The van der Waals surface area contributed by atoms with Crippen molar-refractivity contribution < 1.29 is 14.3 Å². The molecule has 0 spiro atoms. The number of carbonyl (C=O) groups excluding carboxylic acids is 1. The predicted molar refractivity (Wildman–Crippen MR) is 58.0 cm³/mol. The number of aromatic nitrogens is 2. The molecule has 1 unspecified atom stereocenters. The van der Waals surface area contributed by atoms with Crippen LogP contribution in [0.5, 0.6) is 0 Å². The Hall–Kier alpha value is -1.20. The summed E-state index contributed by atoms with van der Waals surface area (Å²) in [6.07, 6.45) is 1.86. The number of halogens is 1. The first-order valence-corrected chi connectivity index (χ1v) is 5.11. The first kappa shape index (κ1) is 12.9. The zero-order chi connectivity index (χ0) is 12.2. The lowest BCUT2D eigenvalue weighted by Gasteiger charge is -2.27. The molecule has 6 heteroatoms. The number of esters is 1. The first-order valence-electron chi connectivity index (χ1n) is 4.73. The average Bonchev–Trinajstić information content (AvgIpc) is 2.31. The van der Waals surface area contributed by atoms with E-state index >= 15 is 0 Å². The van der Waals surface area contributed by atoms with Gasteiger partial charge in [0.05, 0.1) is 12.8 Å². The molecule has 1 heterocycles. The summed E-state index contributed by atoms with van der Waals surface area (Å²) in [5.74, 6) is -0.507. The number of methoxy groups -OCH3 is 2. The molecule has 0 saturated carbocycles. The summed E-state index contributed by atoms with van der Waals surface area (Å²) >= 11 is 5.68. The van der Waals surface area contributed by atoms with Gasteiger partial charge in [-0.1, -0.05) is 6.92 Å². The Morgan fingerprint density at radius 1 is 1.56 bits per heavy atom. The second kappa shape index (κ2) is 5.23. The molecule has 0 aliphatic rings. The van der Waals surface area contributed by atoms with E-state index < -0.39 is 11.6 Å². The monoisotopic (exact) mass is 244 g/mol. The standard InChI is InChI=1S/C10H13ClN2O3/c1-4-10(16-3,8(14)15-2)7-5-6-12-9(11)13-7/h5-6H,4H2,1-3H3. The van der Waals surface area contributed by atoms with Gasteiger partial charge in [-0.2, -0.15) is 0 Å². The summed E-state index contributed by atoms with van der Waals surface area (Å²) in [4.78, 5) is 19.5. The Labute approximate surface area is 98.8 Å². The van der Waals surface area contributed by atoms with Crippen molar-refractivity contribution in [2.24, 2.45) is 0 Å². The Bertz CT molecular complexity index is 380. The SMILES string of the molecule is CCC(OC)(C(=O)OC)c1ccnc(Cl)n1. The third kappa shape index (κ3) is 2.15. The summed E-state index contributed by atoms with van der Waals surface area (Å²) in [5, 5.41) is 0.0660. The van der Waals surface area contributed by atoms with E-state index in [-0.39, 0.29) is 5.28 Å². The minimum Gasteiger partial charge on any atom is -0.467 e. The maximum Gasteiger partial charge on any atom is 0.344 e. The number of hydrogen-bond donors (Lipinski definition) is 0. The summed E-state index contributed by atoms with van der Waals surface area (Å²) in [6.45, 7) is 1.80. The van der Waals surface area contributed by atoms with Crippen LogP contribution in [0.2, 0.25) is 5.28 Å². The van der Waals surface area contributed by atoms with E-state index in [2.05, 4.69) is 9.97 Å². The molecule has 1 atom stereocenters. The normalized spacial score (nSPS) is 14.2. The molecule has 1 aromatic heterocycles. The van der Waals surface area contributed by atoms with Gasteiger partial charge in [0.2, 0.25) is 10.9 Å². The van der Waals surface area contributed by atoms with Crippen LogP contribution in [0.25, 0.3) is 0 Å². The molecule has 1 rings (SSSR count). The van der Waals surface area contributed by atoms with Crippen LogP contribution < -0.4 is 0 Å². The molecule has 88 valence electrons. The number of ether oxygens (including phenoxy) is 2. The van der Waals surface area contributed by atoms with Crippen LogP contribution in [0.3, 0.4) is 0 Å². The first-order chi connectivity index (χ1) is 7.60. The smallest absolute Gasteiger partial charge is 0.344 e. The van der Waals surface area contributed by atoms with E-state index in [0.717, 1.165) is 0 Å². The quantitative estimate of drug-likeness (QED) is 0.594. The van der Waals surface area contributed by atoms with Gasteiger partial charge < -0.3 is 9.47 Å². The van der Waals surface area contributed by atoms with Gasteiger partial charge in [0.25, 0.3) is 0 Å². The highest BCUT2D eigenvalue weighted by Gasteiger charge is 2.41. The molecule has 5 nitrogen and oxygen atoms in total. The van der Waals surface area contributed by atoms with Crippen molar-refractivity contribution >= 4 is 17.6 Å². The molecule has 0 radical (unpaired) electrons. The van der Waals surface area contributed by atoms with Crippen LogP contribution in [-0.2, 0) is 19.9 Å². The molecule has 0 saturated heterocycles. The summed E-state index contributed by atoms with van der Waals surface area (Å²) in [7, 11) is 2.73. The second-order valence-electron chi connectivity index (χ2n) is 3.09. The highest BCUT2D eigenvalue weighted by molar-refractivity contribution is 6.28. The van der Waals surface area contributed by atoms with Crippen LogP contribution in [-0.4, -0.2) is 30.2 Å². The van der Waals surface area contributed by atoms with Crippen LogP contribution in [0.15, 0.2) is 12.3 Å². The fraction of sp³-hybridized carbons (Fsp3) is 0.500. The van der Waals surface area contributed by atoms with Crippen molar-refractivity contribution in [2.75, 3.05) is 14.2 Å². The minimum atomic E-state index is -1.22. The fourth-order valence-corrected chi connectivity index (χ4v) is 1.63. The van der Waals surface area contributed by atoms with Crippen LogP contribution in [0, 0.1) is 0 Å². The molecule has 0 N–H and O–H groups in total. The molecule has 1 aromatic rings. The summed E-state index contributed by atoms with van der Waals surface area (Å²) in [5.41, 5.74) is -0.828.